The van der Waals surface area contributed by atoms with Gasteiger partial charge in [0.05, 0.1) is 12.5 Å². The van der Waals surface area contributed by atoms with Crippen molar-refractivity contribution in [3.63, 3.8) is 0 Å². The Balaban J connectivity index is 2.10. The first-order valence-electron chi connectivity index (χ1n) is 5.90. The van der Waals surface area contributed by atoms with Crippen LogP contribution in [0.2, 0.25) is 0 Å². The van der Waals surface area contributed by atoms with Crippen molar-refractivity contribution in [2.45, 2.75) is 19.9 Å². The quantitative estimate of drug-likeness (QED) is 0.832. The van der Waals surface area contributed by atoms with Crippen molar-refractivity contribution in [3.05, 3.63) is 36.0 Å². The van der Waals surface area contributed by atoms with Crippen LogP contribution in [-0.2, 0) is 11.3 Å². The average molecular weight is 241 g/mol. The van der Waals surface area contributed by atoms with Gasteiger partial charge in [-0.3, -0.25) is 4.79 Å². The number of rotatable bonds is 4. The van der Waals surface area contributed by atoms with Gasteiger partial charge in [0, 0.05) is 18.3 Å². The summed E-state index contributed by atoms with van der Waals surface area (Å²) in [7, 11) is 0. The standard InChI is InChI=1S/C14H15N3O/c1-11-3-4-12-5-8-17(13(12)9-11)10-14(18)16-7-2-6-15/h3-5,8-9H,2,7,10H2,1H3,(H,16,18). The molecule has 0 bridgehead atoms. The molecule has 0 aliphatic rings. The maximum absolute atomic E-state index is 11.7. The minimum Gasteiger partial charge on any atom is -0.354 e. The minimum absolute atomic E-state index is 0.0655. The fourth-order valence-electron chi connectivity index (χ4n) is 1.90. The number of hydrogen-bond donors (Lipinski definition) is 1. The number of carbonyl (C=O) groups excluding carboxylic acids is 1. The molecule has 4 heteroatoms. The topological polar surface area (TPSA) is 57.8 Å². The smallest absolute Gasteiger partial charge is 0.239 e. The van der Waals surface area contributed by atoms with Crippen LogP contribution in [0, 0.1) is 18.3 Å². The monoisotopic (exact) mass is 241 g/mol. The highest BCUT2D eigenvalue weighted by molar-refractivity contribution is 5.83. The Kier molecular flexibility index (Phi) is 3.63. The number of aryl methyl sites for hydroxylation is 1. The van der Waals surface area contributed by atoms with E-state index >= 15 is 0 Å². The summed E-state index contributed by atoms with van der Waals surface area (Å²) in [5.74, 6) is -0.0655. The predicted molar refractivity (Wildman–Crippen MR) is 69.9 cm³/mol. The summed E-state index contributed by atoms with van der Waals surface area (Å²) >= 11 is 0. The van der Waals surface area contributed by atoms with E-state index in [0.29, 0.717) is 19.5 Å². The summed E-state index contributed by atoms with van der Waals surface area (Å²) in [5, 5.41) is 12.3. The highest BCUT2D eigenvalue weighted by Crippen LogP contribution is 2.17. The Labute approximate surface area is 106 Å². The van der Waals surface area contributed by atoms with E-state index in [-0.39, 0.29) is 5.91 Å². The molecule has 1 aromatic heterocycles. The number of nitrogens with zero attached hydrogens (tertiary/aromatic N) is 2. The maximum atomic E-state index is 11.7. The van der Waals surface area contributed by atoms with Crippen LogP contribution in [0.1, 0.15) is 12.0 Å². The third-order valence-corrected chi connectivity index (χ3v) is 2.80. The van der Waals surface area contributed by atoms with Crippen molar-refractivity contribution in [3.8, 4) is 6.07 Å². The third kappa shape index (κ3) is 2.69. The van der Waals surface area contributed by atoms with Crippen molar-refractivity contribution in [2.24, 2.45) is 0 Å². The summed E-state index contributed by atoms with van der Waals surface area (Å²) in [6.45, 7) is 2.73. The van der Waals surface area contributed by atoms with Crippen LogP contribution in [0.25, 0.3) is 10.9 Å². The van der Waals surface area contributed by atoms with E-state index in [4.69, 9.17) is 5.26 Å². The molecule has 0 spiro atoms. The fraction of sp³-hybridized carbons (Fsp3) is 0.286. The lowest BCUT2D eigenvalue weighted by atomic mass is 10.2. The van der Waals surface area contributed by atoms with E-state index in [1.54, 1.807) is 0 Å². The normalized spacial score (nSPS) is 10.2. The third-order valence-electron chi connectivity index (χ3n) is 2.80. The Hall–Kier alpha value is -2.28. The molecule has 2 rings (SSSR count). The van der Waals surface area contributed by atoms with Crippen LogP contribution in [-0.4, -0.2) is 17.0 Å². The molecule has 1 aromatic carbocycles. The molecule has 0 atom stereocenters. The molecule has 4 nitrogen and oxygen atoms in total. The Morgan fingerprint density at radius 1 is 1.44 bits per heavy atom. The van der Waals surface area contributed by atoms with Crippen LogP contribution >= 0.6 is 0 Å². The molecular formula is C14H15N3O. The van der Waals surface area contributed by atoms with Gasteiger partial charge in [-0.15, -0.1) is 0 Å². The Morgan fingerprint density at radius 3 is 3.06 bits per heavy atom. The highest BCUT2D eigenvalue weighted by Gasteiger charge is 2.05. The van der Waals surface area contributed by atoms with E-state index in [9.17, 15) is 4.79 Å². The molecule has 1 amide bonds. The molecule has 18 heavy (non-hydrogen) atoms. The SMILES string of the molecule is Cc1ccc2ccn(CC(=O)NCCC#N)c2c1. The van der Waals surface area contributed by atoms with E-state index < -0.39 is 0 Å². The second-order valence-corrected chi connectivity index (χ2v) is 4.26. The van der Waals surface area contributed by atoms with Crippen LogP contribution in [0.3, 0.4) is 0 Å². The molecule has 1 N–H and O–H groups in total. The molecule has 0 saturated heterocycles. The first kappa shape index (κ1) is 12.2. The van der Waals surface area contributed by atoms with Gasteiger partial charge in [0.2, 0.25) is 5.91 Å². The molecule has 0 aliphatic carbocycles. The zero-order valence-corrected chi connectivity index (χ0v) is 10.3. The molecule has 0 fully saturated rings. The number of nitriles is 1. The van der Waals surface area contributed by atoms with Gasteiger partial charge in [0.1, 0.15) is 6.54 Å². The Bertz CT molecular complexity index is 607. The summed E-state index contributed by atoms with van der Waals surface area (Å²) in [5.41, 5.74) is 2.23. The molecule has 92 valence electrons. The number of aromatic nitrogens is 1. The number of carbonyl (C=O) groups is 1. The van der Waals surface area contributed by atoms with Crippen molar-refractivity contribution in [2.75, 3.05) is 6.54 Å². The molecular weight excluding hydrogens is 226 g/mol. The second-order valence-electron chi connectivity index (χ2n) is 4.26. The van der Waals surface area contributed by atoms with Gasteiger partial charge in [0.15, 0.2) is 0 Å². The molecule has 0 aliphatic heterocycles. The fourth-order valence-corrected chi connectivity index (χ4v) is 1.90. The first-order valence-corrected chi connectivity index (χ1v) is 5.90. The van der Waals surface area contributed by atoms with Crippen molar-refractivity contribution in [1.29, 1.82) is 5.26 Å². The maximum Gasteiger partial charge on any atom is 0.239 e. The predicted octanol–water partition coefficient (Wildman–Crippen LogP) is 1.98. The van der Waals surface area contributed by atoms with Gasteiger partial charge in [-0.2, -0.15) is 5.26 Å². The summed E-state index contributed by atoms with van der Waals surface area (Å²) in [6, 6.07) is 10.2. The van der Waals surface area contributed by atoms with E-state index in [1.807, 2.05) is 29.8 Å². The van der Waals surface area contributed by atoms with Gasteiger partial charge in [-0.1, -0.05) is 12.1 Å². The molecule has 0 unspecified atom stereocenters. The van der Waals surface area contributed by atoms with Crippen molar-refractivity contribution < 1.29 is 4.79 Å². The lowest BCUT2D eigenvalue weighted by molar-refractivity contribution is -0.121. The lowest BCUT2D eigenvalue weighted by Gasteiger charge is -2.06. The second kappa shape index (κ2) is 5.37. The number of amides is 1. The van der Waals surface area contributed by atoms with Gasteiger partial charge in [-0.25, -0.2) is 0 Å². The largest absolute Gasteiger partial charge is 0.354 e. The van der Waals surface area contributed by atoms with Crippen LogP contribution in [0.5, 0.6) is 0 Å². The average Bonchev–Trinajstić information content (AvgIpc) is 2.72. The van der Waals surface area contributed by atoms with E-state index in [2.05, 4.69) is 23.5 Å². The Morgan fingerprint density at radius 2 is 2.28 bits per heavy atom. The number of benzene rings is 1. The van der Waals surface area contributed by atoms with Crippen LogP contribution in [0.4, 0.5) is 0 Å². The van der Waals surface area contributed by atoms with Crippen molar-refractivity contribution >= 4 is 16.8 Å². The van der Waals surface area contributed by atoms with E-state index in [0.717, 1.165) is 10.9 Å². The minimum atomic E-state index is -0.0655. The molecule has 2 aromatic rings. The summed E-state index contributed by atoms with van der Waals surface area (Å²) in [6.07, 6.45) is 2.26. The van der Waals surface area contributed by atoms with Gasteiger partial charge >= 0.3 is 0 Å². The van der Waals surface area contributed by atoms with Gasteiger partial charge < -0.3 is 9.88 Å². The van der Waals surface area contributed by atoms with Crippen LogP contribution < -0.4 is 5.32 Å². The highest BCUT2D eigenvalue weighted by atomic mass is 16.1. The lowest BCUT2D eigenvalue weighted by Crippen LogP contribution is -2.27. The molecule has 0 radical (unpaired) electrons. The number of fused-ring (bicyclic) bond motifs is 1. The van der Waals surface area contributed by atoms with Gasteiger partial charge in [-0.05, 0) is 30.0 Å². The van der Waals surface area contributed by atoms with E-state index in [1.165, 1.54) is 5.56 Å². The first-order chi connectivity index (χ1) is 8.70. The molecule has 0 saturated carbocycles. The summed E-state index contributed by atoms with van der Waals surface area (Å²) < 4.78 is 1.92. The molecule has 1 heterocycles. The number of hydrogen-bond acceptors (Lipinski definition) is 2. The summed E-state index contributed by atoms with van der Waals surface area (Å²) in [4.78, 5) is 11.7. The van der Waals surface area contributed by atoms with Crippen molar-refractivity contribution in [1.82, 2.24) is 9.88 Å². The van der Waals surface area contributed by atoms with Crippen LogP contribution in [0.15, 0.2) is 30.5 Å². The van der Waals surface area contributed by atoms with Gasteiger partial charge in [0.25, 0.3) is 0 Å². The number of nitrogens with one attached hydrogen (secondary N) is 1. The zero-order chi connectivity index (χ0) is 13.0. The zero-order valence-electron chi connectivity index (χ0n) is 10.3.